The van der Waals surface area contributed by atoms with Gasteiger partial charge in [0.05, 0.1) is 0 Å². The largest absolute Gasteiger partial charge is 0.307 e. The molecule has 36 heavy (non-hydrogen) atoms. The summed E-state index contributed by atoms with van der Waals surface area (Å²) in [5.41, 5.74) is 2.74. The van der Waals surface area contributed by atoms with Crippen molar-refractivity contribution in [2.45, 2.75) is 0 Å². The maximum absolute atomic E-state index is 14.9. The maximum Gasteiger partial charge on any atom is 0.188 e. The minimum Gasteiger partial charge on any atom is -0.307 e. The van der Waals surface area contributed by atoms with E-state index in [4.69, 9.17) is 0 Å². The Hall–Kier alpha value is -4.26. The van der Waals surface area contributed by atoms with Crippen molar-refractivity contribution in [3.05, 3.63) is 134 Å². The predicted octanol–water partition coefficient (Wildman–Crippen LogP) is 7.29. The molecule has 7 rings (SSSR count). The number of nitrogens with zero attached hydrogens (tertiary/aromatic N) is 1. The van der Waals surface area contributed by atoms with Crippen LogP contribution in [-0.2, 0) is 4.57 Å². The first-order valence-corrected chi connectivity index (χ1v) is 13.8. The van der Waals surface area contributed by atoms with Crippen molar-refractivity contribution in [3.8, 4) is 11.1 Å². The third kappa shape index (κ3) is 3.12. The van der Waals surface area contributed by atoms with Crippen molar-refractivity contribution in [2.24, 2.45) is 0 Å². The molecule has 0 N–H and O–H groups in total. The van der Waals surface area contributed by atoms with E-state index in [9.17, 15) is 4.57 Å². The molecule has 0 aliphatic heterocycles. The summed E-state index contributed by atoms with van der Waals surface area (Å²) in [6, 6.07) is 43.1. The lowest BCUT2D eigenvalue weighted by molar-refractivity contribution is 0.592. The van der Waals surface area contributed by atoms with Gasteiger partial charge in [-0.2, -0.15) is 0 Å². The molecule has 0 fully saturated rings. The highest BCUT2D eigenvalue weighted by Gasteiger charge is 2.31. The normalized spacial score (nSPS) is 12.0. The molecule has 0 bridgehead atoms. The van der Waals surface area contributed by atoms with Gasteiger partial charge in [-0.3, -0.25) is 4.98 Å². The number of benzene rings is 6. The minimum atomic E-state index is -3.15. The topological polar surface area (TPSA) is 30.0 Å². The summed E-state index contributed by atoms with van der Waals surface area (Å²) in [6.45, 7) is 0. The Bertz CT molecular complexity index is 1850. The van der Waals surface area contributed by atoms with E-state index >= 15 is 0 Å². The van der Waals surface area contributed by atoms with E-state index < -0.39 is 7.14 Å². The van der Waals surface area contributed by atoms with Crippen LogP contribution in [0.25, 0.3) is 43.4 Å². The fourth-order valence-corrected chi connectivity index (χ4v) is 8.00. The van der Waals surface area contributed by atoms with E-state index in [1.54, 1.807) is 6.20 Å². The standard InChI is InChI=1S/C33H22NOP/c35-36(27-10-3-1-4-11-27,28-12-5-2-6-13-28)31-22-26(20-21-34-31)29-18-16-25-15-14-23-8-7-9-24-17-19-30(29)33(25)32(23)24/h1-22H. The van der Waals surface area contributed by atoms with Gasteiger partial charge in [0.25, 0.3) is 0 Å². The van der Waals surface area contributed by atoms with Gasteiger partial charge in [0, 0.05) is 16.8 Å². The molecule has 0 saturated heterocycles. The number of rotatable bonds is 4. The van der Waals surface area contributed by atoms with Gasteiger partial charge in [0.1, 0.15) is 5.44 Å². The second-order valence-electron chi connectivity index (χ2n) is 9.15. The van der Waals surface area contributed by atoms with Crippen LogP contribution in [0.1, 0.15) is 0 Å². The fraction of sp³-hybridized carbons (Fsp3) is 0. The molecule has 170 valence electrons. The van der Waals surface area contributed by atoms with Crippen molar-refractivity contribution < 1.29 is 4.57 Å². The van der Waals surface area contributed by atoms with E-state index in [0.717, 1.165) is 21.7 Å². The first-order chi connectivity index (χ1) is 17.7. The molecule has 7 aromatic rings. The molecular formula is C33H22NOP. The zero-order valence-electron chi connectivity index (χ0n) is 19.5. The lowest BCUT2D eigenvalue weighted by atomic mass is 9.90. The summed E-state index contributed by atoms with van der Waals surface area (Å²) >= 11 is 0. The second-order valence-corrected chi connectivity index (χ2v) is 11.9. The zero-order valence-corrected chi connectivity index (χ0v) is 20.4. The molecular weight excluding hydrogens is 457 g/mol. The van der Waals surface area contributed by atoms with Gasteiger partial charge in [0.2, 0.25) is 0 Å². The van der Waals surface area contributed by atoms with Crippen molar-refractivity contribution in [2.75, 3.05) is 0 Å². The lowest BCUT2D eigenvalue weighted by Gasteiger charge is -2.20. The van der Waals surface area contributed by atoms with Crippen molar-refractivity contribution >= 4 is 55.5 Å². The lowest BCUT2D eigenvalue weighted by Crippen LogP contribution is -2.26. The van der Waals surface area contributed by atoms with Crippen molar-refractivity contribution in [1.82, 2.24) is 4.98 Å². The first-order valence-electron chi connectivity index (χ1n) is 12.1. The van der Waals surface area contributed by atoms with E-state index in [1.165, 1.54) is 32.3 Å². The molecule has 2 nitrogen and oxygen atoms in total. The summed E-state index contributed by atoms with van der Waals surface area (Å²) in [5.74, 6) is 0. The van der Waals surface area contributed by atoms with Gasteiger partial charge in [0.15, 0.2) is 7.14 Å². The molecule has 0 aliphatic rings. The van der Waals surface area contributed by atoms with Gasteiger partial charge < -0.3 is 4.57 Å². The van der Waals surface area contributed by atoms with Crippen LogP contribution in [0.2, 0.25) is 0 Å². The van der Waals surface area contributed by atoms with Gasteiger partial charge in [-0.05, 0) is 55.6 Å². The third-order valence-corrected chi connectivity index (χ3v) is 10.1. The number of pyridine rings is 1. The van der Waals surface area contributed by atoms with Crippen LogP contribution < -0.4 is 16.0 Å². The molecule has 6 aromatic carbocycles. The minimum absolute atomic E-state index is 0.600. The van der Waals surface area contributed by atoms with E-state index in [1.807, 2.05) is 72.8 Å². The quantitative estimate of drug-likeness (QED) is 0.196. The van der Waals surface area contributed by atoms with Gasteiger partial charge in [-0.15, -0.1) is 0 Å². The predicted molar refractivity (Wildman–Crippen MR) is 153 cm³/mol. The van der Waals surface area contributed by atoms with Crippen LogP contribution in [0.5, 0.6) is 0 Å². The summed E-state index contributed by atoms with van der Waals surface area (Å²) < 4.78 is 14.9. The highest BCUT2D eigenvalue weighted by molar-refractivity contribution is 7.85. The molecule has 3 heteroatoms. The van der Waals surface area contributed by atoms with Crippen LogP contribution in [0, 0.1) is 0 Å². The maximum atomic E-state index is 14.9. The Labute approximate surface area is 209 Å². The van der Waals surface area contributed by atoms with Crippen molar-refractivity contribution in [1.29, 1.82) is 0 Å². The Morgan fingerprint density at radius 1 is 0.528 bits per heavy atom. The summed E-state index contributed by atoms with van der Waals surface area (Å²) in [5, 5.41) is 9.06. The van der Waals surface area contributed by atoms with Crippen LogP contribution in [-0.4, -0.2) is 4.98 Å². The molecule has 1 heterocycles. The van der Waals surface area contributed by atoms with Gasteiger partial charge >= 0.3 is 0 Å². The van der Waals surface area contributed by atoms with Gasteiger partial charge in [-0.1, -0.05) is 115 Å². The van der Waals surface area contributed by atoms with E-state index in [0.29, 0.717) is 5.44 Å². The summed E-state index contributed by atoms with van der Waals surface area (Å²) in [7, 11) is -3.15. The van der Waals surface area contributed by atoms with Crippen molar-refractivity contribution in [3.63, 3.8) is 0 Å². The Kier molecular flexibility index (Phi) is 4.77. The SMILES string of the molecule is O=P(c1ccccc1)(c1ccccc1)c1cc(-c2ccc3ccc4cccc5ccc2c3c45)ccn1. The average molecular weight is 480 g/mol. The van der Waals surface area contributed by atoms with Crippen LogP contribution in [0.3, 0.4) is 0 Å². The molecule has 0 atom stereocenters. The third-order valence-electron chi connectivity index (χ3n) is 7.15. The van der Waals surface area contributed by atoms with Gasteiger partial charge in [-0.25, -0.2) is 0 Å². The second kappa shape index (κ2) is 8.16. The van der Waals surface area contributed by atoms with E-state index in [2.05, 4.69) is 59.6 Å². The average Bonchev–Trinajstić information content (AvgIpc) is 2.96. The smallest absolute Gasteiger partial charge is 0.188 e. The zero-order chi connectivity index (χ0) is 24.1. The van der Waals surface area contributed by atoms with Crippen LogP contribution in [0.4, 0.5) is 0 Å². The van der Waals surface area contributed by atoms with E-state index in [-0.39, 0.29) is 0 Å². The number of aromatic nitrogens is 1. The van der Waals surface area contributed by atoms with Crippen LogP contribution in [0.15, 0.2) is 134 Å². The molecule has 1 aromatic heterocycles. The monoisotopic (exact) mass is 479 g/mol. The molecule has 0 radical (unpaired) electrons. The van der Waals surface area contributed by atoms with Crippen LogP contribution >= 0.6 is 7.14 Å². The Morgan fingerprint density at radius 3 is 1.78 bits per heavy atom. The molecule has 0 amide bonds. The number of hydrogen-bond acceptors (Lipinski definition) is 2. The summed E-state index contributed by atoms with van der Waals surface area (Å²) in [6.07, 6.45) is 1.79. The highest BCUT2D eigenvalue weighted by Crippen LogP contribution is 2.43. The molecule has 0 spiro atoms. The summed E-state index contributed by atoms with van der Waals surface area (Å²) in [4.78, 5) is 4.69. The Balaban J connectivity index is 1.49. The fourth-order valence-electron chi connectivity index (χ4n) is 5.43. The molecule has 0 saturated carbocycles. The molecule has 0 unspecified atom stereocenters. The highest BCUT2D eigenvalue weighted by atomic mass is 31.2. The molecule has 0 aliphatic carbocycles. The Morgan fingerprint density at radius 2 is 1.11 bits per heavy atom. The number of hydrogen-bond donors (Lipinski definition) is 0. The first kappa shape index (κ1) is 21.1.